The van der Waals surface area contributed by atoms with Crippen LogP contribution in [0.25, 0.3) is 0 Å². The summed E-state index contributed by atoms with van der Waals surface area (Å²) >= 11 is 0. The second kappa shape index (κ2) is 5.31. The summed E-state index contributed by atoms with van der Waals surface area (Å²) in [4.78, 5) is 22.4. The van der Waals surface area contributed by atoms with Crippen molar-refractivity contribution in [3.8, 4) is 5.75 Å². The highest BCUT2D eigenvalue weighted by Gasteiger charge is 2.15. The smallest absolute Gasteiger partial charge is 0.337 e. The minimum Gasteiger partial charge on any atom is -0.497 e. The second-order valence-electron chi connectivity index (χ2n) is 3.49. The summed E-state index contributed by atoms with van der Waals surface area (Å²) in [6.45, 7) is 1.51. The van der Waals surface area contributed by atoms with Crippen molar-refractivity contribution in [3.63, 3.8) is 0 Å². The number of carbonyl (C=O) groups is 2. The van der Waals surface area contributed by atoms with Crippen LogP contribution >= 0.6 is 0 Å². The summed E-state index contributed by atoms with van der Waals surface area (Å²) in [6.07, 6.45) is 0. The first kappa shape index (κ1) is 13.0. The van der Waals surface area contributed by atoms with Crippen LogP contribution < -0.4 is 15.8 Å². The molecule has 1 aromatic rings. The normalized spacial score (nSPS) is 11.7. The summed E-state index contributed by atoms with van der Waals surface area (Å²) in [5, 5.41) is 11.4. The Morgan fingerprint density at radius 3 is 2.59 bits per heavy atom. The topological polar surface area (TPSA) is 102 Å². The van der Waals surface area contributed by atoms with Gasteiger partial charge in [0.05, 0.1) is 24.4 Å². The van der Waals surface area contributed by atoms with Gasteiger partial charge in [-0.2, -0.15) is 0 Å². The van der Waals surface area contributed by atoms with Crippen molar-refractivity contribution in [2.24, 2.45) is 5.73 Å². The summed E-state index contributed by atoms with van der Waals surface area (Å²) in [6, 6.07) is 3.64. The number of aromatic carboxylic acids is 1. The Morgan fingerprint density at radius 1 is 1.47 bits per heavy atom. The Labute approximate surface area is 98.4 Å². The largest absolute Gasteiger partial charge is 0.497 e. The monoisotopic (exact) mass is 238 g/mol. The molecule has 0 fully saturated rings. The van der Waals surface area contributed by atoms with E-state index in [1.807, 2.05) is 0 Å². The minimum absolute atomic E-state index is 0.0432. The number of ether oxygens (including phenoxy) is 1. The van der Waals surface area contributed by atoms with Crippen molar-refractivity contribution in [1.29, 1.82) is 0 Å². The molecule has 92 valence electrons. The lowest BCUT2D eigenvalue weighted by Crippen LogP contribution is -2.33. The Morgan fingerprint density at radius 2 is 2.12 bits per heavy atom. The van der Waals surface area contributed by atoms with Crippen LogP contribution in [0.5, 0.6) is 5.75 Å². The molecule has 0 aliphatic rings. The van der Waals surface area contributed by atoms with Gasteiger partial charge in [-0.3, -0.25) is 4.79 Å². The van der Waals surface area contributed by atoms with Crippen molar-refractivity contribution >= 4 is 17.6 Å². The molecule has 0 aliphatic carbocycles. The van der Waals surface area contributed by atoms with Crippen LogP contribution in [0.3, 0.4) is 0 Å². The number of hydrogen-bond donors (Lipinski definition) is 3. The maximum atomic E-state index is 11.4. The van der Waals surface area contributed by atoms with E-state index in [0.29, 0.717) is 5.75 Å². The molecular weight excluding hydrogens is 224 g/mol. The number of hydrogen-bond acceptors (Lipinski definition) is 4. The molecule has 6 nitrogen and oxygen atoms in total. The van der Waals surface area contributed by atoms with E-state index < -0.39 is 17.9 Å². The third-order valence-electron chi connectivity index (χ3n) is 2.13. The van der Waals surface area contributed by atoms with E-state index in [9.17, 15) is 9.59 Å². The van der Waals surface area contributed by atoms with Gasteiger partial charge >= 0.3 is 5.97 Å². The molecule has 0 heterocycles. The van der Waals surface area contributed by atoms with Gasteiger partial charge in [-0.25, -0.2) is 4.79 Å². The standard InChI is InChI=1S/C11H14N2O4/c1-6(12)10(14)13-9-4-3-7(17-2)5-8(9)11(15)16/h3-6H,12H2,1-2H3,(H,13,14)(H,15,16)/t6-/m1/s1. The molecule has 17 heavy (non-hydrogen) atoms. The van der Waals surface area contributed by atoms with Gasteiger partial charge in [-0.05, 0) is 25.1 Å². The van der Waals surface area contributed by atoms with Crippen molar-refractivity contribution in [2.75, 3.05) is 12.4 Å². The third-order valence-corrected chi connectivity index (χ3v) is 2.13. The fraction of sp³-hybridized carbons (Fsp3) is 0.273. The molecule has 0 saturated heterocycles. The van der Waals surface area contributed by atoms with E-state index in [1.165, 1.54) is 26.2 Å². The quantitative estimate of drug-likeness (QED) is 0.715. The molecule has 1 atom stereocenters. The highest BCUT2D eigenvalue weighted by molar-refractivity contribution is 6.02. The molecule has 0 aromatic heterocycles. The molecule has 1 rings (SSSR count). The number of anilines is 1. The van der Waals surface area contributed by atoms with Gasteiger partial charge < -0.3 is 20.9 Å². The highest BCUT2D eigenvalue weighted by Crippen LogP contribution is 2.22. The second-order valence-corrected chi connectivity index (χ2v) is 3.49. The molecule has 0 bridgehead atoms. The van der Waals surface area contributed by atoms with Gasteiger partial charge in [0.15, 0.2) is 0 Å². The van der Waals surface area contributed by atoms with Crippen LogP contribution in [0.1, 0.15) is 17.3 Å². The van der Waals surface area contributed by atoms with Crippen molar-refractivity contribution < 1.29 is 19.4 Å². The number of carboxylic acids is 1. The zero-order valence-electron chi connectivity index (χ0n) is 9.56. The van der Waals surface area contributed by atoms with Crippen LogP contribution in [0.15, 0.2) is 18.2 Å². The van der Waals surface area contributed by atoms with Crippen molar-refractivity contribution in [2.45, 2.75) is 13.0 Å². The van der Waals surface area contributed by atoms with E-state index in [0.717, 1.165) is 0 Å². The summed E-state index contributed by atoms with van der Waals surface area (Å²) in [5.41, 5.74) is 5.53. The van der Waals surface area contributed by atoms with Crippen LogP contribution in [0, 0.1) is 0 Å². The number of carbonyl (C=O) groups excluding carboxylic acids is 1. The predicted octanol–water partition coefficient (Wildman–Crippen LogP) is 0.679. The number of methoxy groups -OCH3 is 1. The van der Waals surface area contributed by atoms with E-state index >= 15 is 0 Å². The third kappa shape index (κ3) is 3.18. The lowest BCUT2D eigenvalue weighted by molar-refractivity contribution is -0.117. The number of nitrogens with two attached hydrogens (primary N) is 1. The molecule has 4 N–H and O–H groups in total. The lowest BCUT2D eigenvalue weighted by Gasteiger charge is -2.11. The van der Waals surface area contributed by atoms with Gasteiger partial charge in [0.1, 0.15) is 5.75 Å². The number of nitrogens with one attached hydrogen (secondary N) is 1. The minimum atomic E-state index is -1.15. The van der Waals surface area contributed by atoms with Gasteiger partial charge in [0.25, 0.3) is 0 Å². The first-order valence-electron chi connectivity index (χ1n) is 4.93. The first-order chi connectivity index (χ1) is 7.95. The Kier molecular flexibility index (Phi) is 4.06. The molecule has 0 aliphatic heterocycles. The SMILES string of the molecule is COc1ccc(NC(=O)[C@@H](C)N)c(C(=O)O)c1. The van der Waals surface area contributed by atoms with Gasteiger partial charge in [-0.1, -0.05) is 0 Å². The number of benzene rings is 1. The maximum Gasteiger partial charge on any atom is 0.337 e. The lowest BCUT2D eigenvalue weighted by atomic mass is 10.1. The fourth-order valence-electron chi connectivity index (χ4n) is 1.18. The molecule has 6 heteroatoms. The van der Waals surface area contributed by atoms with E-state index in [4.69, 9.17) is 15.6 Å². The van der Waals surface area contributed by atoms with Crippen LogP contribution in [0.4, 0.5) is 5.69 Å². The van der Waals surface area contributed by atoms with Gasteiger partial charge in [-0.15, -0.1) is 0 Å². The number of amides is 1. The predicted molar refractivity (Wildman–Crippen MR) is 62.2 cm³/mol. The zero-order chi connectivity index (χ0) is 13.0. The van der Waals surface area contributed by atoms with E-state index in [1.54, 1.807) is 6.07 Å². The Bertz CT molecular complexity index is 443. The molecular formula is C11H14N2O4. The molecule has 0 saturated carbocycles. The van der Waals surface area contributed by atoms with Crippen LogP contribution in [-0.4, -0.2) is 30.1 Å². The summed E-state index contributed by atoms with van der Waals surface area (Å²) in [5.74, 6) is -1.19. The fourth-order valence-corrected chi connectivity index (χ4v) is 1.18. The van der Waals surface area contributed by atoms with Crippen molar-refractivity contribution in [3.05, 3.63) is 23.8 Å². The average molecular weight is 238 g/mol. The number of rotatable bonds is 4. The van der Waals surface area contributed by atoms with Gasteiger partial charge in [0.2, 0.25) is 5.91 Å². The summed E-state index contributed by atoms with van der Waals surface area (Å²) in [7, 11) is 1.43. The zero-order valence-corrected chi connectivity index (χ0v) is 9.56. The Hall–Kier alpha value is -2.08. The van der Waals surface area contributed by atoms with Crippen LogP contribution in [-0.2, 0) is 4.79 Å². The van der Waals surface area contributed by atoms with E-state index in [-0.39, 0.29) is 11.3 Å². The first-order valence-corrected chi connectivity index (χ1v) is 4.93. The average Bonchev–Trinajstić information content (AvgIpc) is 2.29. The molecule has 0 spiro atoms. The van der Waals surface area contributed by atoms with Crippen LogP contribution in [0.2, 0.25) is 0 Å². The molecule has 1 amide bonds. The summed E-state index contributed by atoms with van der Waals surface area (Å²) < 4.78 is 4.91. The number of carboxylic acid groups (broad SMARTS) is 1. The molecule has 1 aromatic carbocycles. The maximum absolute atomic E-state index is 11.4. The molecule has 0 radical (unpaired) electrons. The van der Waals surface area contributed by atoms with Gasteiger partial charge in [0, 0.05) is 0 Å². The van der Waals surface area contributed by atoms with Crippen molar-refractivity contribution in [1.82, 2.24) is 0 Å². The Balaban J connectivity index is 3.06. The highest BCUT2D eigenvalue weighted by atomic mass is 16.5. The molecule has 0 unspecified atom stereocenters. The van der Waals surface area contributed by atoms with E-state index in [2.05, 4.69) is 5.32 Å².